The van der Waals surface area contributed by atoms with E-state index in [1.165, 1.54) is 0 Å². The Morgan fingerprint density at radius 2 is 2.00 bits per heavy atom. The summed E-state index contributed by atoms with van der Waals surface area (Å²) < 4.78 is 5.35. The fraction of sp³-hybridized carbons (Fsp3) is 0.636. The number of nitrogens with one attached hydrogen (secondary N) is 1. The van der Waals surface area contributed by atoms with Gasteiger partial charge in [0.05, 0.1) is 5.54 Å². The SMILES string of the molecule is Cc1cnc(NC2(CN)CCOCC2)nc1. The van der Waals surface area contributed by atoms with Gasteiger partial charge in [-0.3, -0.25) is 0 Å². The number of ether oxygens (including phenoxy) is 1. The first-order chi connectivity index (χ1) is 7.74. The van der Waals surface area contributed by atoms with Gasteiger partial charge in [0.15, 0.2) is 0 Å². The Hall–Kier alpha value is -1.20. The number of aryl methyl sites for hydroxylation is 1. The predicted octanol–water partition coefficient (Wildman–Crippen LogP) is 0.705. The van der Waals surface area contributed by atoms with E-state index in [1.807, 2.05) is 6.92 Å². The summed E-state index contributed by atoms with van der Waals surface area (Å²) in [5, 5.41) is 3.34. The maximum atomic E-state index is 5.84. The molecule has 16 heavy (non-hydrogen) atoms. The fourth-order valence-electron chi connectivity index (χ4n) is 1.84. The fourth-order valence-corrected chi connectivity index (χ4v) is 1.84. The highest BCUT2D eigenvalue weighted by Gasteiger charge is 2.31. The van der Waals surface area contributed by atoms with Crippen molar-refractivity contribution in [3.8, 4) is 0 Å². The summed E-state index contributed by atoms with van der Waals surface area (Å²) in [5.74, 6) is 0.651. The van der Waals surface area contributed by atoms with E-state index in [2.05, 4.69) is 15.3 Å². The van der Waals surface area contributed by atoms with Crippen molar-refractivity contribution >= 4 is 5.95 Å². The lowest BCUT2D eigenvalue weighted by molar-refractivity contribution is 0.0625. The van der Waals surface area contributed by atoms with Crippen LogP contribution >= 0.6 is 0 Å². The van der Waals surface area contributed by atoms with Gasteiger partial charge in [-0.15, -0.1) is 0 Å². The summed E-state index contributed by atoms with van der Waals surface area (Å²) in [6.45, 7) is 4.04. The second-order valence-electron chi connectivity index (χ2n) is 4.31. The third-order valence-corrected chi connectivity index (χ3v) is 3.00. The van der Waals surface area contributed by atoms with Crippen molar-refractivity contribution in [3.05, 3.63) is 18.0 Å². The summed E-state index contributed by atoms with van der Waals surface area (Å²) in [6.07, 6.45) is 5.42. The molecule has 5 nitrogen and oxygen atoms in total. The molecule has 0 bridgehead atoms. The standard InChI is InChI=1S/C11H18N4O/c1-9-6-13-10(14-7-9)15-11(8-12)2-4-16-5-3-11/h6-7H,2-5,8,12H2,1H3,(H,13,14,15). The zero-order valence-electron chi connectivity index (χ0n) is 9.57. The topological polar surface area (TPSA) is 73.1 Å². The van der Waals surface area contributed by atoms with Gasteiger partial charge in [-0.1, -0.05) is 0 Å². The number of hydrogen-bond acceptors (Lipinski definition) is 5. The van der Waals surface area contributed by atoms with Crippen molar-refractivity contribution in [2.24, 2.45) is 5.73 Å². The summed E-state index contributed by atoms with van der Waals surface area (Å²) in [7, 11) is 0. The zero-order chi connectivity index (χ0) is 11.4. The van der Waals surface area contributed by atoms with Crippen LogP contribution in [0.25, 0.3) is 0 Å². The molecule has 0 aliphatic carbocycles. The molecular weight excluding hydrogens is 204 g/mol. The molecule has 3 N–H and O–H groups in total. The maximum Gasteiger partial charge on any atom is 0.223 e. The van der Waals surface area contributed by atoms with Crippen LogP contribution in [0.4, 0.5) is 5.95 Å². The van der Waals surface area contributed by atoms with Gasteiger partial charge >= 0.3 is 0 Å². The molecule has 2 rings (SSSR count). The van der Waals surface area contributed by atoms with E-state index in [0.717, 1.165) is 31.6 Å². The lowest BCUT2D eigenvalue weighted by atomic mass is 9.90. The van der Waals surface area contributed by atoms with E-state index in [4.69, 9.17) is 10.5 Å². The van der Waals surface area contributed by atoms with Gasteiger partial charge in [0.2, 0.25) is 5.95 Å². The molecule has 0 amide bonds. The van der Waals surface area contributed by atoms with E-state index in [1.54, 1.807) is 12.4 Å². The summed E-state index contributed by atoms with van der Waals surface area (Å²) in [5.41, 5.74) is 6.79. The smallest absolute Gasteiger partial charge is 0.223 e. The molecule has 1 aliphatic heterocycles. The highest BCUT2D eigenvalue weighted by Crippen LogP contribution is 2.23. The summed E-state index contributed by atoms with van der Waals surface area (Å²) in [4.78, 5) is 8.49. The highest BCUT2D eigenvalue weighted by molar-refractivity contribution is 5.30. The minimum absolute atomic E-state index is 0.104. The van der Waals surface area contributed by atoms with Crippen LogP contribution in [0.1, 0.15) is 18.4 Å². The summed E-state index contributed by atoms with van der Waals surface area (Å²) in [6, 6.07) is 0. The molecule has 0 aromatic carbocycles. The van der Waals surface area contributed by atoms with Crippen molar-refractivity contribution in [3.63, 3.8) is 0 Å². The third-order valence-electron chi connectivity index (χ3n) is 3.00. The van der Waals surface area contributed by atoms with Crippen LogP contribution in [0, 0.1) is 6.92 Å². The quantitative estimate of drug-likeness (QED) is 0.787. The Morgan fingerprint density at radius 1 is 1.38 bits per heavy atom. The monoisotopic (exact) mass is 222 g/mol. The lowest BCUT2D eigenvalue weighted by Crippen LogP contribution is -2.50. The molecule has 2 heterocycles. The van der Waals surface area contributed by atoms with Crippen molar-refractivity contribution in [1.29, 1.82) is 0 Å². The van der Waals surface area contributed by atoms with Gasteiger partial charge in [-0.25, -0.2) is 9.97 Å². The van der Waals surface area contributed by atoms with Crippen molar-refractivity contribution < 1.29 is 4.74 Å². The van der Waals surface area contributed by atoms with Crippen LogP contribution in [-0.2, 0) is 4.74 Å². The van der Waals surface area contributed by atoms with Crippen LogP contribution in [0.5, 0.6) is 0 Å². The molecule has 1 aromatic rings. The van der Waals surface area contributed by atoms with E-state index >= 15 is 0 Å². The van der Waals surface area contributed by atoms with Gasteiger partial charge < -0.3 is 15.8 Å². The van der Waals surface area contributed by atoms with E-state index in [-0.39, 0.29) is 5.54 Å². The van der Waals surface area contributed by atoms with Crippen LogP contribution in [0.3, 0.4) is 0 Å². The maximum absolute atomic E-state index is 5.84. The van der Waals surface area contributed by atoms with Crippen LogP contribution < -0.4 is 11.1 Å². The molecule has 0 radical (unpaired) electrons. The number of anilines is 1. The molecule has 5 heteroatoms. The van der Waals surface area contributed by atoms with Gasteiger partial charge in [0.1, 0.15) is 0 Å². The molecule has 0 saturated carbocycles. The number of aromatic nitrogens is 2. The Bertz CT molecular complexity index is 332. The van der Waals surface area contributed by atoms with Crippen molar-refractivity contribution in [1.82, 2.24) is 9.97 Å². The second kappa shape index (κ2) is 4.76. The average molecular weight is 222 g/mol. The predicted molar refractivity (Wildman–Crippen MR) is 62.2 cm³/mol. The molecular formula is C11H18N4O. The third kappa shape index (κ3) is 2.48. The van der Waals surface area contributed by atoms with E-state index in [9.17, 15) is 0 Å². The first-order valence-electron chi connectivity index (χ1n) is 5.59. The summed E-state index contributed by atoms with van der Waals surface area (Å²) >= 11 is 0. The molecule has 1 fully saturated rings. The Kier molecular flexibility index (Phi) is 3.36. The number of hydrogen-bond donors (Lipinski definition) is 2. The number of nitrogens with two attached hydrogens (primary N) is 1. The van der Waals surface area contributed by atoms with Crippen molar-refractivity contribution in [2.45, 2.75) is 25.3 Å². The molecule has 0 unspecified atom stereocenters. The van der Waals surface area contributed by atoms with Gasteiger partial charge in [-0.05, 0) is 25.3 Å². The van der Waals surface area contributed by atoms with Crippen molar-refractivity contribution in [2.75, 3.05) is 25.1 Å². The Labute approximate surface area is 95.4 Å². The molecule has 88 valence electrons. The zero-order valence-corrected chi connectivity index (χ0v) is 9.57. The van der Waals surface area contributed by atoms with Gasteiger partial charge in [0, 0.05) is 32.2 Å². The van der Waals surface area contributed by atoms with Gasteiger partial charge in [0.25, 0.3) is 0 Å². The van der Waals surface area contributed by atoms with Crippen LogP contribution in [0.15, 0.2) is 12.4 Å². The molecule has 1 aliphatic rings. The van der Waals surface area contributed by atoms with E-state index in [0.29, 0.717) is 12.5 Å². The minimum atomic E-state index is -0.104. The molecule has 0 atom stereocenters. The first-order valence-corrected chi connectivity index (χ1v) is 5.59. The normalized spacial score (nSPS) is 19.4. The van der Waals surface area contributed by atoms with Gasteiger partial charge in [-0.2, -0.15) is 0 Å². The highest BCUT2D eigenvalue weighted by atomic mass is 16.5. The number of nitrogens with zero attached hydrogens (tertiary/aromatic N) is 2. The second-order valence-corrected chi connectivity index (χ2v) is 4.31. The molecule has 0 spiro atoms. The van der Waals surface area contributed by atoms with Crippen LogP contribution in [0.2, 0.25) is 0 Å². The largest absolute Gasteiger partial charge is 0.381 e. The van der Waals surface area contributed by atoms with Crippen LogP contribution in [-0.4, -0.2) is 35.3 Å². The Morgan fingerprint density at radius 3 is 2.56 bits per heavy atom. The number of rotatable bonds is 3. The van der Waals surface area contributed by atoms with E-state index < -0.39 is 0 Å². The first kappa shape index (κ1) is 11.3. The minimum Gasteiger partial charge on any atom is -0.381 e. The molecule has 1 saturated heterocycles. The average Bonchev–Trinajstić information content (AvgIpc) is 2.33. The molecule has 1 aromatic heterocycles. The lowest BCUT2D eigenvalue weighted by Gasteiger charge is -2.36. The Balaban J connectivity index is 2.08.